The Bertz CT molecular complexity index is 540. The van der Waals surface area contributed by atoms with Crippen molar-refractivity contribution >= 4 is 5.91 Å². The lowest BCUT2D eigenvalue weighted by molar-refractivity contribution is -0.122. The standard InChI is InChI=1S/C22H35N3O/c1-2-24-14-10-19(11-15-24)17-22(26)23-12-16-25-13-6-9-21(18-25)20-7-4-3-5-8-20/h3-5,7-8,19,21H,2,6,9-18H2,1H3,(H,23,26)/t21-/m1/s1. The Balaban J connectivity index is 1.33. The first-order valence-corrected chi connectivity index (χ1v) is 10.5. The molecule has 2 aliphatic rings. The summed E-state index contributed by atoms with van der Waals surface area (Å²) >= 11 is 0. The molecule has 0 saturated carbocycles. The van der Waals surface area contributed by atoms with Gasteiger partial charge in [0.25, 0.3) is 0 Å². The van der Waals surface area contributed by atoms with Crippen LogP contribution in [0.1, 0.15) is 50.5 Å². The molecule has 4 nitrogen and oxygen atoms in total. The van der Waals surface area contributed by atoms with Crippen LogP contribution in [0, 0.1) is 5.92 Å². The minimum absolute atomic E-state index is 0.247. The summed E-state index contributed by atoms with van der Waals surface area (Å²) in [6.07, 6.45) is 5.59. The number of carbonyl (C=O) groups is 1. The molecule has 2 saturated heterocycles. The highest BCUT2D eigenvalue weighted by molar-refractivity contribution is 5.76. The molecule has 0 radical (unpaired) electrons. The van der Waals surface area contributed by atoms with E-state index in [-0.39, 0.29) is 5.91 Å². The lowest BCUT2D eigenvalue weighted by atomic mass is 9.91. The third-order valence-electron chi connectivity index (χ3n) is 6.16. The zero-order valence-corrected chi connectivity index (χ0v) is 16.3. The summed E-state index contributed by atoms with van der Waals surface area (Å²) in [7, 11) is 0. The van der Waals surface area contributed by atoms with Crippen molar-refractivity contribution in [2.45, 2.75) is 44.9 Å². The number of amides is 1. The van der Waals surface area contributed by atoms with Crippen molar-refractivity contribution in [2.75, 3.05) is 45.8 Å². The Morgan fingerprint density at radius 2 is 1.85 bits per heavy atom. The number of nitrogens with one attached hydrogen (secondary N) is 1. The second-order valence-electron chi connectivity index (χ2n) is 7.98. The normalized spacial score (nSPS) is 23.0. The summed E-state index contributed by atoms with van der Waals surface area (Å²) in [5.74, 6) is 1.47. The highest BCUT2D eigenvalue weighted by Crippen LogP contribution is 2.26. The van der Waals surface area contributed by atoms with Gasteiger partial charge in [-0.3, -0.25) is 4.79 Å². The Kier molecular flexibility index (Phi) is 7.51. The molecule has 1 aromatic carbocycles. The summed E-state index contributed by atoms with van der Waals surface area (Å²) in [5, 5.41) is 3.16. The van der Waals surface area contributed by atoms with Crippen LogP contribution in [0.3, 0.4) is 0 Å². The van der Waals surface area contributed by atoms with E-state index in [1.165, 1.54) is 31.2 Å². The fraction of sp³-hybridized carbons (Fsp3) is 0.682. The molecule has 0 aliphatic carbocycles. The van der Waals surface area contributed by atoms with Crippen LogP contribution in [0.15, 0.2) is 30.3 Å². The van der Waals surface area contributed by atoms with Crippen LogP contribution in [0.2, 0.25) is 0 Å². The molecule has 2 heterocycles. The fourth-order valence-corrected chi connectivity index (χ4v) is 4.45. The second kappa shape index (κ2) is 10.1. The predicted octanol–water partition coefficient (Wildman–Crippen LogP) is 3.10. The number of hydrogen-bond acceptors (Lipinski definition) is 3. The van der Waals surface area contributed by atoms with Gasteiger partial charge in [-0.15, -0.1) is 0 Å². The van der Waals surface area contributed by atoms with Gasteiger partial charge in [0.05, 0.1) is 0 Å². The topological polar surface area (TPSA) is 35.6 Å². The third kappa shape index (κ3) is 5.82. The number of benzene rings is 1. The van der Waals surface area contributed by atoms with Gasteiger partial charge in [0.2, 0.25) is 5.91 Å². The molecule has 1 N–H and O–H groups in total. The van der Waals surface area contributed by atoms with Crippen molar-refractivity contribution in [3.05, 3.63) is 35.9 Å². The second-order valence-corrected chi connectivity index (χ2v) is 7.98. The molecule has 26 heavy (non-hydrogen) atoms. The van der Waals surface area contributed by atoms with Crippen LogP contribution in [0.4, 0.5) is 0 Å². The summed E-state index contributed by atoms with van der Waals surface area (Å²) in [4.78, 5) is 17.2. The SMILES string of the molecule is CCN1CCC(CC(=O)NCCN2CCC[C@@H](c3ccccc3)C2)CC1. The van der Waals surface area contributed by atoms with Gasteiger partial charge in [0.15, 0.2) is 0 Å². The van der Waals surface area contributed by atoms with Gasteiger partial charge in [0, 0.05) is 26.1 Å². The Hall–Kier alpha value is -1.39. The van der Waals surface area contributed by atoms with E-state index in [1.807, 2.05) is 0 Å². The average Bonchev–Trinajstić information content (AvgIpc) is 2.69. The quantitative estimate of drug-likeness (QED) is 0.814. The van der Waals surface area contributed by atoms with E-state index in [0.717, 1.165) is 45.8 Å². The monoisotopic (exact) mass is 357 g/mol. The van der Waals surface area contributed by atoms with Gasteiger partial charge >= 0.3 is 0 Å². The van der Waals surface area contributed by atoms with Crippen LogP contribution >= 0.6 is 0 Å². The number of hydrogen-bond donors (Lipinski definition) is 1. The van der Waals surface area contributed by atoms with Crippen molar-refractivity contribution in [1.29, 1.82) is 0 Å². The summed E-state index contributed by atoms with van der Waals surface area (Å²) in [5.41, 5.74) is 1.46. The molecule has 0 bridgehead atoms. The van der Waals surface area contributed by atoms with E-state index >= 15 is 0 Å². The molecule has 144 valence electrons. The smallest absolute Gasteiger partial charge is 0.220 e. The number of likely N-dealkylation sites (tertiary alicyclic amines) is 2. The van der Waals surface area contributed by atoms with Crippen LogP contribution in [0.25, 0.3) is 0 Å². The van der Waals surface area contributed by atoms with Gasteiger partial charge in [-0.1, -0.05) is 37.3 Å². The summed E-state index contributed by atoms with van der Waals surface area (Å²) in [6, 6.07) is 10.9. The Morgan fingerprint density at radius 3 is 2.58 bits per heavy atom. The molecule has 2 aliphatic heterocycles. The minimum Gasteiger partial charge on any atom is -0.355 e. The van der Waals surface area contributed by atoms with Gasteiger partial charge in [-0.05, 0) is 69.3 Å². The van der Waals surface area contributed by atoms with Crippen LogP contribution in [-0.2, 0) is 4.79 Å². The molecule has 0 spiro atoms. The molecular weight excluding hydrogens is 322 g/mol. The van der Waals surface area contributed by atoms with Crippen LogP contribution < -0.4 is 5.32 Å². The number of carbonyl (C=O) groups excluding carboxylic acids is 1. The number of piperidine rings is 2. The van der Waals surface area contributed by atoms with Gasteiger partial charge in [-0.25, -0.2) is 0 Å². The largest absolute Gasteiger partial charge is 0.355 e. The van der Waals surface area contributed by atoms with Crippen molar-refractivity contribution in [2.24, 2.45) is 5.92 Å². The molecule has 0 unspecified atom stereocenters. The molecule has 1 atom stereocenters. The summed E-state index contributed by atoms with van der Waals surface area (Å²) in [6.45, 7) is 9.71. The van der Waals surface area contributed by atoms with E-state index in [2.05, 4.69) is 52.4 Å². The van der Waals surface area contributed by atoms with E-state index in [1.54, 1.807) is 0 Å². The van der Waals surface area contributed by atoms with Crippen LogP contribution in [-0.4, -0.2) is 61.5 Å². The van der Waals surface area contributed by atoms with Gasteiger partial charge < -0.3 is 15.1 Å². The van der Waals surface area contributed by atoms with E-state index in [9.17, 15) is 4.79 Å². The maximum atomic E-state index is 12.2. The van der Waals surface area contributed by atoms with Crippen LogP contribution in [0.5, 0.6) is 0 Å². The van der Waals surface area contributed by atoms with Gasteiger partial charge in [-0.2, -0.15) is 0 Å². The number of nitrogens with zero attached hydrogens (tertiary/aromatic N) is 2. The Morgan fingerprint density at radius 1 is 1.08 bits per heavy atom. The highest BCUT2D eigenvalue weighted by Gasteiger charge is 2.22. The molecule has 0 aromatic heterocycles. The van der Waals surface area contributed by atoms with E-state index in [4.69, 9.17) is 0 Å². The zero-order chi connectivity index (χ0) is 18.2. The molecule has 1 aromatic rings. The van der Waals surface area contributed by atoms with Crippen molar-refractivity contribution in [1.82, 2.24) is 15.1 Å². The minimum atomic E-state index is 0.247. The number of rotatable bonds is 7. The fourth-order valence-electron chi connectivity index (χ4n) is 4.45. The van der Waals surface area contributed by atoms with E-state index < -0.39 is 0 Å². The highest BCUT2D eigenvalue weighted by atomic mass is 16.1. The Labute approximate surface area is 158 Å². The van der Waals surface area contributed by atoms with E-state index in [0.29, 0.717) is 18.3 Å². The first-order valence-electron chi connectivity index (χ1n) is 10.5. The zero-order valence-electron chi connectivity index (χ0n) is 16.3. The maximum Gasteiger partial charge on any atom is 0.220 e. The molecule has 3 rings (SSSR count). The van der Waals surface area contributed by atoms with Crippen molar-refractivity contribution in [3.63, 3.8) is 0 Å². The summed E-state index contributed by atoms with van der Waals surface area (Å²) < 4.78 is 0. The predicted molar refractivity (Wildman–Crippen MR) is 107 cm³/mol. The molecule has 2 fully saturated rings. The molecule has 1 amide bonds. The van der Waals surface area contributed by atoms with Gasteiger partial charge in [0.1, 0.15) is 0 Å². The maximum absolute atomic E-state index is 12.2. The molecular formula is C22H35N3O. The average molecular weight is 358 g/mol. The first-order chi connectivity index (χ1) is 12.7. The van der Waals surface area contributed by atoms with Crippen molar-refractivity contribution < 1.29 is 4.79 Å². The first kappa shape index (κ1) is 19.4. The third-order valence-corrected chi connectivity index (χ3v) is 6.16. The lowest BCUT2D eigenvalue weighted by Crippen LogP contribution is -2.41. The lowest BCUT2D eigenvalue weighted by Gasteiger charge is -2.33. The molecule has 4 heteroatoms. The van der Waals surface area contributed by atoms with Crippen molar-refractivity contribution in [3.8, 4) is 0 Å².